The second kappa shape index (κ2) is 5.59. The Morgan fingerprint density at radius 2 is 2.28 bits per heavy atom. The number of carbonyl (C=O) groups is 1. The molecule has 4 nitrogen and oxygen atoms in total. The number of methoxy groups -OCH3 is 1. The van der Waals surface area contributed by atoms with Gasteiger partial charge < -0.3 is 15.8 Å². The van der Waals surface area contributed by atoms with Crippen molar-refractivity contribution in [3.8, 4) is 0 Å². The molecule has 1 aromatic rings. The lowest BCUT2D eigenvalue weighted by Crippen LogP contribution is -2.21. The molecule has 3 N–H and O–H groups in total. The summed E-state index contributed by atoms with van der Waals surface area (Å²) in [5.41, 5.74) is 7.12. The van der Waals surface area contributed by atoms with Crippen LogP contribution in [0.25, 0.3) is 0 Å². The fourth-order valence-corrected chi connectivity index (χ4v) is 2.42. The molecule has 0 heterocycles. The quantitative estimate of drug-likeness (QED) is 0.827. The Morgan fingerprint density at radius 3 is 2.89 bits per heavy atom. The summed E-state index contributed by atoms with van der Waals surface area (Å²) in [6.45, 7) is 0. The topological polar surface area (TPSA) is 64.3 Å². The zero-order chi connectivity index (χ0) is 13.1. The molecule has 98 valence electrons. The van der Waals surface area contributed by atoms with E-state index in [2.05, 4.69) is 10.1 Å². The predicted octanol–water partition coefficient (Wildman–Crippen LogP) is 2.42. The first-order chi connectivity index (χ1) is 8.60. The summed E-state index contributed by atoms with van der Waals surface area (Å²) in [5.74, 6) is -0.363. The lowest BCUT2D eigenvalue weighted by Gasteiger charge is -2.15. The molecule has 0 saturated heterocycles. The molecule has 5 heteroatoms. The molecule has 18 heavy (non-hydrogen) atoms. The number of rotatable bonds is 3. The third-order valence-electron chi connectivity index (χ3n) is 3.22. The van der Waals surface area contributed by atoms with E-state index in [1.165, 1.54) is 7.11 Å². The van der Waals surface area contributed by atoms with Gasteiger partial charge in [0, 0.05) is 12.1 Å². The summed E-state index contributed by atoms with van der Waals surface area (Å²) >= 11 is 6.11. The fraction of sp³-hybridized carbons (Fsp3) is 0.462. The maximum atomic E-state index is 11.5. The molecule has 0 spiro atoms. The van der Waals surface area contributed by atoms with Gasteiger partial charge in [-0.05, 0) is 37.5 Å². The van der Waals surface area contributed by atoms with Crippen molar-refractivity contribution < 1.29 is 9.53 Å². The highest BCUT2D eigenvalue weighted by atomic mass is 35.5. The van der Waals surface area contributed by atoms with E-state index in [1.807, 2.05) is 0 Å². The van der Waals surface area contributed by atoms with Crippen LogP contribution in [0, 0.1) is 0 Å². The number of benzene rings is 1. The number of ether oxygens (including phenoxy) is 1. The van der Waals surface area contributed by atoms with E-state index in [4.69, 9.17) is 17.3 Å². The van der Waals surface area contributed by atoms with Gasteiger partial charge in [-0.3, -0.25) is 0 Å². The number of nitrogens with two attached hydrogens (primary N) is 1. The minimum absolute atomic E-state index is 0.255. The molecule has 0 aliphatic heterocycles. The van der Waals surface area contributed by atoms with Crippen molar-refractivity contribution >= 4 is 23.3 Å². The van der Waals surface area contributed by atoms with Crippen LogP contribution in [0.2, 0.25) is 5.02 Å². The second-order valence-corrected chi connectivity index (χ2v) is 5.01. The smallest absolute Gasteiger partial charge is 0.337 e. The number of anilines is 1. The molecule has 1 saturated carbocycles. The Hall–Kier alpha value is -1.26. The second-order valence-electron chi connectivity index (χ2n) is 4.60. The zero-order valence-electron chi connectivity index (χ0n) is 10.3. The van der Waals surface area contributed by atoms with Gasteiger partial charge in [-0.1, -0.05) is 11.6 Å². The highest BCUT2D eigenvalue weighted by molar-refractivity contribution is 6.33. The number of carbonyl (C=O) groups excluding carboxylic acids is 1. The molecule has 2 rings (SSSR count). The Labute approximate surface area is 111 Å². The number of hydrogen-bond acceptors (Lipinski definition) is 4. The SMILES string of the molecule is COC(=O)c1ccc(Cl)c(NC2CCC(N)C2)c1. The van der Waals surface area contributed by atoms with Gasteiger partial charge in [0.1, 0.15) is 0 Å². The van der Waals surface area contributed by atoms with E-state index in [0.717, 1.165) is 24.9 Å². The number of nitrogens with one attached hydrogen (secondary N) is 1. The third kappa shape index (κ3) is 2.94. The summed E-state index contributed by atoms with van der Waals surface area (Å²) in [6, 6.07) is 5.65. The van der Waals surface area contributed by atoms with E-state index in [1.54, 1.807) is 18.2 Å². The van der Waals surface area contributed by atoms with Crippen LogP contribution < -0.4 is 11.1 Å². The standard InChI is InChI=1S/C13H17ClN2O2/c1-18-13(17)8-2-5-11(14)12(6-8)16-10-4-3-9(15)7-10/h2,5-6,9-10,16H,3-4,7,15H2,1H3. The Morgan fingerprint density at radius 1 is 1.50 bits per heavy atom. The summed E-state index contributed by atoms with van der Waals surface area (Å²) in [5, 5.41) is 3.94. The average molecular weight is 269 g/mol. The fourth-order valence-electron chi connectivity index (χ4n) is 2.25. The van der Waals surface area contributed by atoms with Crippen molar-refractivity contribution in [2.24, 2.45) is 5.73 Å². The first kappa shape index (κ1) is 13.2. The van der Waals surface area contributed by atoms with Crippen LogP contribution in [-0.4, -0.2) is 25.2 Å². The molecule has 1 fully saturated rings. The summed E-state index contributed by atoms with van der Waals surface area (Å²) in [4.78, 5) is 11.5. The monoisotopic (exact) mass is 268 g/mol. The lowest BCUT2D eigenvalue weighted by molar-refractivity contribution is 0.0601. The molecule has 1 aliphatic carbocycles. The maximum absolute atomic E-state index is 11.5. The molecule has 0 amide bonds. The normalized spacial score (nSPS) is 22.8. The van der Waals surface area contributed by atoms with Crippen LogP contribution in [0.15, 0.2) is 18.2 Å². The maximum Gasteiger partial charge on any atom is 0.337 e. The minimum atomic E-state index is -0.363. The highest BCUT2D eigenvalue weighted by Gasteiger charge is 2.22. The summed E-state index contributed by atoms with van der Waals surface area (Å²) in [6.07, 6.45) is 2.98. The van der Waals surface area contributed by atoms with Crippen molar-refractivity contribution in [3.63, 3.8) is 0 Å². The highest BCUT2D eigenvalue weighted by Crippen LogP contribution is 2.28. The Kier molecular flexibility index (Phi) is 4.09. The van der Waals surface area contributed by atoms with Crippen molar-refractivity contribution in [1.82, 2.24) is 0 Å². The summed E-state index contributed by atoms with van der Waals surface area (Å²) in [7, 11) is 1.36. The van der Waals surface area contributed by atoms with Gasteiger partial charge in [-0.25, -0.2) is 4.79 Å². The van der Waals surface area contributed by atoms with Crippen LogP contribution >= 0.6 is 11.6 Å². The largest absolute Gasteiger partial charge is 0.465 e. The van der Waals surface area contributed by atoms with E-state index in [9.17, 15) is 4.79 Å². The molecule has 0 aromatic heterocycles. The van der Waals surface area contributed by atoms with Gasteiger partial charge in [0.05, 0.1) is 23.4 Å². The van der Waals surface area contributed by atoms with Crippen molar-refractivity contribution in [1.29, 1.82) is 0 Å². The lowest BCUT2D eigenvalue weighted by atomic mass is 10.1. The first-order valence-corrected chi connectivity index (χ1v) is 6.38. The first-order valence-electron chi connectivity index (χ1n) is 6.00. The average Bonchev–Trinajstić information content (AvgIpc) is 2.76. The van der Waals surface area contributed by atoms with Crippen LogP contribution in [0.5, 0.6) is 0 Å². The summed E-state index contributed by atoms with van der Waals surface area (Å²) < 4.78 is 4.69. The molecule has 2 atom stereocenters. The van der Waals surface area contributed by atoms with Crippen LogP contribution in [0.3, 0.4) is 0 Å². The van der Waals surface area contributed by atoms with E-state index < -0.39 is 0 Å². The molecule has 1 aliphatic rings. The molecular weight excluding hydrogens is 252 g/mol. The van der Waals surface area contributed by atoms with Gasteiger partial charge in [0.25, 0.3) is 0 Å². The van der Waals surface area contributed by atoms with E-state index in [-0.39, 0.29) is 12.0 Å². The van der Waals surface area contributed by atoms with Crippen molar-refractivity contribution in [2.45, 2.75) is 31.3 Å². The van der Waals surface area contributed by atoms with E-state index >= 15 is 0 Å². The van der Waals surface area contributed by atoms with Gasteiger partial charge in [-0.2, -0.15) is 0 Å². The van der Waals surface area contributed by atoms with E-state index in [0.29, 0.717) is 16.6 Å². The molecule has 0 radical (unpaired) electrons. The predicted molar refractivity (Wildman–Crippen MR) is 72.0 cm³/mol. The minimum Gasteiger partial charge on any atom is -0.465 e. The number of halogens is 1. The molecule has 1 aromatic carbocycles. The van der Waals surface area contributed by atoms with Gasteiger partial charge in [-0.15, -0.1) is 0 Å². The van der Waals surface area contributed by atoms with Gasteiger partial charge >= 0.3 is 5.97 Å². The zero-order valence-corrected chi connectivity index (χ0v) is 11.0. The molecule has 0 bridgehead atoms. The Balaban J connectivity index is 2.13. The molecule has 2 unspecified atom stereocenters. The number of hydrogen-bond donors (Lipinski definition) is 2. The van der Waals surface area contributed by atoms with Crippen molar-refractivity contribution in [3.05, 3.63) is 28.8 Å². The Bertz CT molecular complexity index is 451. The van der Waals surface area contributed by atoms with Crippen LogP contribution in [0.4, 0.5) is 5.69 Å². The number of esters is 1. The third-order valence-corrected chi connectivity index (χ3v) is 3.55. The van der Waals surface area contributed by atoms with Crippen LogP contribution in [-0.2, 0) is 4.74 Å². The van der Waals surface area contributed by atoms with Crippen LogP contribution in [0.1, 0.15) is 29.6 Å². The van der Waals surface area contributed by atoms with Crippen molar-refractivity contribution in [2.75, 3.05) is 12.4 Å². The van der Waals surface area contributed by atoms with Gasteiger partial charge in [0.2, 0.25) is 0 Å². The van der Waals surface area contributed by atoms with Gasteiger partial charge in [0.15, 0.2) is 0 Å². The molecular formula is C13H17ClN2O2.